The summed E-state index contributed by atoms with van der Waals surface area (Å²) in [4.78, 5) is 14.8. The third-order valence-electron chi connectivity index (χ3n) is 5.60. The molecule has 5 rings (SSSR count). The van der Waals surface area contributed by atoms with Crippen LogP contribution in [0.3, 0.4) is 0 Å². The molecule has 0 radical (unpaired) electrons. The highest BCUT2D eigenvalue weighted by atomic mass is 16.5. The number of aromatic nitrogens is 3. The standard InChI is InChI=1S/C20H23N5O2/c1-26-13-2-3-16-14(8-13)15-10-25(6-4-17(15)22-16)19-9-18(23-20(21)24-19)12-5-7-27-11-12/h2-3,8-9,12,22H,4-7,10-11H2,1H3,(H2,21,23,24)/t12-/m1/s1. The summed E-state index contributed by atoms with van der Waals surface area (Å²) in [5.41, 5.74) is 10.8. The Morgan fingerprint density at radius 2 is 2.22 bits per heavy atom. The molecular formula is C20H23N5O2. The van der Waals surface area contributed by atoms with Crippen LogP contribution in [0.25, 0.3) is 10.9 Å². The molecule has 27 heavy (non-hydrogen) atoms. The zero-order chi connectivity index (χ0) is 18.4. The van der Waals surface area contributed by atoms with Crippen molar-refractivity contribution >= 4 is 22.7 Å². The summed E-state index contributed by atoms with van der Waals surface area (Å²) in [7, 11) is 1.70. The largest absolute Gasteiger partial charge is 0.497 e. The fourth-order valence-electron chi connectivity index (χ4n) is 4.13. The summed E-state index contributed by atoms with van der Waals surface area (Å²) in [6.07, 6.45) is 1.93. The first-order valence-corrected chi connectivity index (χ1v) is 9.36. The molecule has 0 spiro atoms. The van der Waals surface area contributed by atoms with Gasteiger partial charge in [-0.15, -0.1) is 0 Å². The Morgan fingerprint density at radius 3 is 3.04 bits per heavy atom. The van der Waals surface area contributed by atoms with Crippen LogP contribution in [-0.4, -0.2) is 41.8 Å². The summed E-state index contributed by atoms with van der Waals surface area (Å²) in [5, 5.41) is 1.21. The third kappa shape index (κ3) is 2.88. The van der Waals surface area contributed by atoms with Crippen LogP contribution >= 0.6 is 0 Å². The maximum atomic E-state index is 6.02. The molecule has 0 saturated carbocycles. The zero-order valence-corrected chi connectivity index (χ0v) is 15.4. The monoisotopic (exact) mass is 365 g/mol. The topological polar surface area (TPSA) is 89.3 Å². The van der Waals surface area contributed by atoms with Crippen LogP contribution in [0.4, 0.5) is 11.8 Å². The third-order valence-corrected chi connectivity index (χ3v) is 5.60. The van der Waals surface area contributed by atoms with Gasteiger partial charge in [-0.05, 0) is 24.6 Å². The van der Waals surface area contributed by atoms with Crippen molar-refractivity contribution in [3.8, 4) is 5.75 Å². The number of nitrogens with zero attached hydrogens (tertiary/aromatic N) is 3. The number of H-pyrrole nitrogens is 1. The molecule has 3 N–H and O–H groups in total. The second kappa shape index (κ2) is 6.42. The van der Waals surface area contributed by atoms with Crippen LogP contribution in [0.2, 0.25) is 0 Å². The molecule has 1 saturated heterocycles. The van der Waals surface area contributed by atoms with Crippen molar-refractivity contribution in [2.75, 3.05) is 37.5 Å². The molecule has 140 valence electrons. The minimum atomic E-state index is 0.312. The Kier molecular flexibility index (Phi) is 3.89. The van der Waals surface area contributed by atoms with Gasteiger partial charge in [0.2, 0.25) is 5.95 Å². The molecule has 3 aromatic rings. The Balaban J connectivity index is 1.50. The van der Waals surface area contributed by atoms with Crippen molar-refractivity contribution in [2.45, 2.75) is 25.3 Å². The van der Waals surface area contributed by atoms with Gasteiger partial charge < -0.3 is 25.1 Å². The lowest BCUT2D eigenvalue weighted by atomic mass is 10.0. The van der Waals surface area contributed by atoms with Crippen LogP contribution < -0.4 is 15.4 Å². The average molecular weight is 365 g/mol. The van der Waals surface area contributed by atoms with Crippen molar-refractivity contribution in [2.24, 2.45) is 0 Å². The Labute approximate surface area is 157 Å². The summed E-state index contributed by atoms with van der Waals surface area (Å²) in [6.45, 7) is 3.18. The number of nitrogens with one attached hydrogen (secondary N) is 1. The van der Waals surface area contributed by atoms with Crippen molar-refractivity contribution in [1.29, 1.82) is 0 Å². The van der Waals surface area contributed by atoms with Crippen LogP contribution in [0.15, 0.2) is 24.3 Å². The fraction of sp³-hybridized carbons (Fsp3) is 0.400. The summed E-state index contributed by atoms with van der Waals surface area (Å²) < 4.78 is 10.9. The number of hydrogen-bond acceptors (Lipinski definition) is 6. The van der Waals surface area contributed by atoms with Crippen molar-refractivity contribution in [1.82, 2.24) is 15.0 Å². The molecule has 0 amide bonds. The van der Waals surface area contributed by atoms with Gasteiger partial charge in [0.1, 0.15) is 11.6 Å². The maximum absolute atomic E-state index is 6.02. The van der Waals surface area contributed by atoms with E-state index < -0.39 is 0 Å². The first-order chi connectivity index (χ1) is 13.2. The zero-order valence-electron chi connectivity index (χ0n) is 15.4. The van der Waals surface area contributed by atoms with Crippen molar-refractivity contribution < 1.29 is 9.47 Å². The first kappa shape index (κ1) is 16.4. The molecule has 0 aliphatic carbocycles. The van der Waals surface area contributed by atoms with Gasteiger partial charge >= 0.3 is 0 Å². The van der Waals surface area contributed by atoms with E-state index in [1.54, 1.807) is 7.11 Å². The lowest BCUT2D eigenvalue weighted by Gasteiger charge is -2.29. The second-order valence-electron chi connectivity index (χ2n) is 7.23. The van der Waals surface area contributed by atoms with Gasteiger partial charge in [-0.25, -0.2) is 4.98 Å². The molecule has 2 aromatic heterocycles. The van der Waals surface area contributed by atoms with Gasteiger partial charge in [-0.3, -0.25) is 0 Å². The van der Waals surface area contributed by atoms with E-state index >= 15 is 0 Å². The molecule has 2 aliphatic heterocycles. The number of benzene rings is 1. The van der Waals surface area contributed by atoms with Gasteiger partial charge in [0, 0.05) is 60.3 Å². The highest BCUT2D eigenvalue weighted by Crippen LogP contribution is 2.33. The number of hydrogen-bond donors (Lipinski definition) is 2. The van der Waals surface area contributed by atoms with E-state index in [4.69, 9.17) is 15.2 Å². The minimum absolute atomic E-state index is 0.312. The van der Waals surface area contributed by atoms with Gasteiger partial charge in [0.15, 0.2) is 0 Å². The molecular weight excluding hydrogens is 342 g/mol. The van der Waals surface area contributed by atoms with Gasteiger partial charge in [-0.2, -0.15) is 4.98 Å². The van der Waals surface area contributed by atoms with E-state index in [0.717, 1.165) is 55.3 Å². The molecule has 2 aliphatic rings. The summed E-state index contributed by atoms with van der Waals surface area (Å²) in [6, 6.07) is 8.25. The van der Waals surface area contributed by atoms with E-state index in [1.165, 1.54) is 16.6 Å². The number of nitrogens with two attached hydrogens (primary N) is 1. The van der Waals surface area contributed by atoms with E-state index in [9.17, 15) is 0 Å². The minimum Gasteiger partial charge on any atom is -0.497 e. The van der Waals surface area contributed by atoms with E-state index in [2.05, 4.69) is 38.1 Å². The smallest absolute Gasteiger partial charge is 0.222 e. The van der Waals surface area contributed by atoms with Crippen LogP contribution in [0.5, 0.6) is 5.75 Å². The summed E-state index contributed by atoms with van der Waals surface area (Å²) >= 11 is 0. The Bertz CT molecular complexity index is 993. The number of ether oxygens (including phenoxy) is 2. The van der Waals surface area contributed by atoms with Crippen LogP contribution in [0, 0.1) is 0 Å². The van der Waals surface area contributed by atoms with Gasteiger partial charge in [0.05, 0.1) is 19.4 Å². The average Bonchev–Trinajstić information content (AvgIpc) is 3.34. The predicted octanol–water partition coefficient (Wildman–Crippen LogP) is 2.62. The second-order valence-corrected chi connectivity index (χ2v) is 7.23. The first-order valence-electron chi connectivity index (χ1n) is 9.36. The number of anilines is 2. The van der Waals surface area contributed by atoms with Crippen molar-refractivity contribution in [3.05, 3.63) is 41.2 Å². The van der Waals surface area contributed by atoms with E-state index in [1.807, 2.05) is 6.07 Å². The Hall–Kier alpha value is -2.80. The SMILES string of the molecule is COc1ccc2[nH]c3c(c2c1)CN(c1cc([C@@H]2CCOC2)nc(N)n1)CC3. The molecule has 7 nitrogen and oxygen atoms in total. The number of nitrogen functional groups attached to an aromatic ring is 1. The molecule has 0 bridgehead atoms. The lowest BCUT2D eigenvalue weighted by molar-refractivity contribution is 0.193. The van der Waals surface area contributed by atoms with Gasteiger partial charge in [0.25, 0.3) is 0 Å². The van der Waals surface area contributed by atoms with E-state index in [0.29, 0.717) is 18.5 Å². The number of rotatable bonds is 3. The number of fused-ring (bicyclic) bond motifs is 3. The molecule has 7 heteroatoms. The Morgan fingerprint density at radius 1 is 1.30 bits per heavy atom. The molecule has 1 fully saturated rings. The highest BCUT2D eigenvalue weighted by Gasteiger charge is 2.25. The van der Waals surface area contributed by atoms with Crippen LogP contribution in [-0.2, 0) is 17.7 Å². The van der Waals surface area contributed by atoms with Crippen LogP contribution in [0.1, 0.15) is 29.3 Å². The fourth-order valence-corrected chi connectivity index (χ4v) is 4.13. The molecule has 1 aromatic carbocycles. The number of aromatic amines is 1. The lowest BCUT2D eigenvalue weighted by Crippen LogP contribution is -2.31. The maximum Gasteiger partial charge on any atom is 0.222 e. The molecule has 4 heterocycles. The molecule has 1 atom stereocenters. The van der Waals surface area contributed by atoms with E-state index in [-0.39, 0.29) is 0 Å². The number of methoxy groups -OCH3 is 1. The predicted molar refractivity (Wildman–Crippen MR) is 104 cm³/mol. The van der Waals surface area contributed by atoms with Crippen molar-refractivity contribution in [3.63, 3.8) is 0 Å². The quantitative estimate of drug-likeness (QED) is 0.742. The summed E-state index contributed by atoms with van der Waals surface area (Å²) in [5.74, 6) is 2.41. The highest BCUT2D eigenvalue weighted by molar-refractivity contribution is 5.86. The normalized spacial score (nSPS) is 19.4. The molecule has 0 unspecified atom stereocenters. The van der Waals surface area contributed by atoms with Gasteiger partial charge in [-0.1, -0.05) is 0 Å².